The highest BCUT2D eigenvalue weighted by molar-refractivity contribution is 7.15. The number of aromatic nitrogens is 3. The second kappa shape index (κ2) is 4.69. The van der Waals surface area contributed by atoms with Crippen LogP contribution in [0.25, 0.3) is 4.96 Å². The average Bonchev–Trinajstić information content (AvgIpc) is 2.93. The molecule has 19 heavy (non-hydrogen) atoms. The van der Waals surface area contributed by atoms with Gasteiger partial charge in [0, 0.05) is 11.1 Å². The molecule has 2 amide bonds. The van der Waals surface area contributed by atoms with Crippen molar-refractivity contribution < 1.29 is 4.79 Å². The van der Waals surface area contributed by atoms with Gasteiger partial charge in [0.15, 0.2) is 0 Å². The van der Waals surface area contributed by atoms with Gasteiger partial charge in [-0.3, -0.25) is 5.32 Å². The SMILES string of the molecule is Cc1csc2nc(NC(=O)Nc3ccccc3)nn12. The van der Waals surface area contributed by atoms with Crippen molar-refractivity contribution in [2.24, 2.45) is 0 Å². The third kappa shape index (κ3) is 2.41. The smallest absolute Gasteiger partial charge is 0.308 e. The summed E-state index contributed by atoms with van der Waals surface area (Å²) in [7, 11) is 0. The summed E-state index contributed by atoms with van der Waals surface area (Å²) in [4.78, 5) is 16.7. The summed E-state index contributed by atoms with van der Waals surface area (Å²) in [6.45, 7) is 1.94. The van der Waals surface area contributed by atoms with E-state index in [1.807, 2.05) is 42.6 Å². The van der Waals surface area contributed by atoms with E-state index >= 15 is 0 Å². The van der Waals surface area contributed by atoms with E-state index in [-0.39, 0.29) is 6.03 Å². The van der Waals surface area contributed by atoms with E-state index in [0.29, 0.717) is 5.95 Å². The van der Waals surface area contributed by atoms with Crippen molar-refractivity contribution in [3.8, 4) is 0 Å². The van der Waals surface area contributed by atoms with Gasteiger partial charge < -0.3 is 5.32 Å². The molecule has 0 fully saturated rings. The first-order chi connectivity index (χ1) is 9.22. The Morgan fingerprint density at radius 2 is 2.05 bits per heavy atom. The molecule has 7 heteroatoms. The highest BCUT2D eigenvalue weighted by Gasteiger charge is 2.10. The van der Waals surface area contributed by atoms with Crippen LogP contribution >= 0.6 is 11.3 Å². The molecule has 0 saturated heterocycles. The number of carbonyl (C=O) groups excluding carboxylic acids is 1. The van der Waals surface area contributed by atoms with Gasteiger partial charge in [-0.2, -0.15) is 4.98 Å². The zero-order valence-electron chi connectivity index (χ0n) is 10.1. The highest BCUT2D eigenvalue weighted by atomic mass is 32.1. The van der Waals surface area contributed by atoms with Gasteiger partial charge in [-0.15, -0.1) is 16.4 Å². The van der Waals surface area contributed by atoms with Crippen molar-refractivity contribution >= 4 is 34.0 Å². The molecule has 6 nitrogen and oxygen atoms in total. The Labute approximate surface area is 113 Å². The second-order valence-electron chi connectivity index (χ2n) is 3.95. The lowest BCUT2D eigenvalue weighted by molar-refractivity contribution is 0.262. The van der Waals surface area contributed by atoms with Gasteiger partial charge in [0.1, 0.15) is 0 Å². The van der Waals surface area contributed by atoms with Gasteiger partial charge in [-0.1, -0.05) is 18.2 Å². The van der Waals surface area contributed by atoms with Gasteiger partial charge in [-0.05, 0) is 19.1 Å². The van der Waals surface area contributed by atoms with Crippen LogP contribution in [0.4, 0.5) is 16.4 Å². The fraction of sp³-hybridized carbons (Fsp3) is 0.0833. The van der Waals surface area contributed by atoms with E-state index in [2.05, 4.69) is 20.7 Å². The molecule has 0 unspecified atom stereocenters. The zero-order chi connectivity index (χ0) is 13.2. The second-order valence-corrected chi connectivity index (χ2v) is 4.79. The molecule has 0 spiro atoms. The van der Waals surface area contributed by atoms with E-state index in [4.69, 9.17) is 0 Å². The maximum absolute atomic E-state index is 11.8. The molecule has 2 heterocycles. The van der Waals surface area contributed by atoms with Crippen LogP contribution in [0, 0.1) is 6.92 Å². The molecular formula is C12H11N5OS. The number of carbonyl (C=O) groups is 1. The van der Waals surface area contributed by atoms with Crippen molar-refractivity contribution in [1.29, 1.82) is 0 Å². The number of nitrogens with zero attached hydrogens (tertiary/aromatic N) is 3. The van der Waals surface area contributed by atoms with Crippen molar-refractivity contribution in [2.45, 2.75) is 6.92 Å². The first-order valence-corrected chi connectivity index (χ1v) is 6.54. The number of rotatable bonds is 2. The Morgan fingerprint density at radius 1 is 1.26 bits per heavy atom. The number of fused-ring (bicyclic) bond motifs is 1. The topological polar surface area (TPSA) is 71.3 Å². The number of hydrogen-bond donors (Lipinski definition) is 2. The molecule has 0 aliphatic heterocycles. The van der Waals surface area contributed by atoms with Crippen molar-refractivity contribution in [3.05, 3.63) is 41.4 Å². The average molecular weight is 273 g/mol. The monoisotopic (exact) mass is 273 g/mol. The third-order valence-electron chi connectivity index (χ3n) is 2.50. The van der Waals surface area contributed by atoms with Crippen LogP contribution in [0.5, 0.6) is 0 Å². The van der Waals surface area contributed by atoms with E-state index in [1.54, 1.807) is 4.52 Å². The molecule has 3 rings (SSSR count). The molecular weight excluding hydrogens is 262 g/mol. The summed E-state index contributed by atoms with van der Waals surface area (Å²) < 4.78 is 1.70. The highest BCUT2D eigenvalue weighted by Crippen LogP contribution is 2.15. The molecule has 0 radical (unpaired) electrons. The van der Waals surface area contributed by atoms with E-state index in [9.17, 15) is 4.79 Å². The standard InChI is InChI=1S/C12H11N5OS/c1-8-7-19-12-15-10(16-17(8)12)14-11(18)13-9-5-3-2-4-6-9/h2-7H,1H3,(H2,13,14,16,18). The molecule has 1 aromatic carbocycles. The Kier molecular flexibility index (Phi) is 2.88. The fourth-order valence-electron chi connectivity index (χ4n) is 1.63. The van der Waals surface area contributed by atoms with Crippen molar-refractivity contribution in [3.63, 3.8) is 0 Å². The lowest BCUT2D eigenvalue weighted by Crippen LogP contribution is -2.20. The van der Waals surface area contributed by atoms with Crippen LogP contribution in [-0.2, 0) is 0 Å². The van der Waals surface area contributed by atoms with Crippen LogP contribution in [0.1, 0.15) is 5.69 Å². The molecule has 2 aromatic heterocycles. The normalized spacial score (nSPS) is 10.6. The van der Waals surface area contributed by atoms with Crippen LogP contribution in [0.2, 0.25) is 0 Å². The third-order valence-corrected chi connectivity index (χ3v) is 3.44. The predicted molar refractivity (Wildman–Crippen MR) is 74.7 cm³/mol. The van der Waals surface area contributed by atoms with Crippen LogP contribution in [0.3, 0.4) is 0 Å². The quantitative estimate of drug-likeness (QED) is 0.754. The number of urea groups is 1. The molecule has 0 aliphatic rings. The number of hydrogen-bond acceptors (Lipinski definition) is 4. The van der Waals surface area contributed by atoms with Gasteiger partial charge in [0.2, 0.25) is 4.96 Å². The number of benzene rings is 1. The van der Waals surface area contributed by atoms with Crippen LogP contribution in [0.15, 0.2) is 35.7 Å². The lowest BCUT2D eigenvalue weighted by Gasteiger charge is -2.03. The van der Waals surface area contributed by atoms with Crippen molar-refractivity contribution in [2.75, 3.05) is 10.6 Å². The van der Waals surface area contributed by atoms with E-state index in [0.717, 1.165) is 16.3 Å². The summed E-state index contributed by atoms with van der Waals surface area (Å²) in [5.41, 5.74) is 1.71. The fourth-order valence-corrected chi connectivity index (χ4v) is 2.43. The zero-order valence-corrected chi connectivity index (χ0v) is 10.9. The first kappa shape index (κ1) is 11.7. The lowest BCUT2D eigenvalue weighted by atomic mass is 10.3. The summed E-state index contributed by atoms with van der Waals surface area (Å²) in [6.07, 6.45) is 0. The Bertz CT molecular complexity index is 718. The minimum Gasteiger partial charge on any atom is -0.308 e. The van der Waals surface area contributed by atoms with Gasteiger partial charge >= 0.3 is 6.03 Å². The molecule has 96 valence electrons. The number of nitrogens with one attached hydrogen (secondary N) is 2. The van der Waals surface area contributed by atoms with E-state index in [1.165, 1.54) is 11.3 Å². The van der Waals surface area contributed by atoms with Crippen molar-refractivity contribution in [1.82, 2.24) is 14.6 Å². The maximum Gasteiger partial charge on any atom is 0.326 e. The number of anilines is 2. The molecule has 3 aromatic rings. The summed E-state index contributed by atoms with van der Waals surface area (Å²) in [5.74, 6) is 0.295. The molecule has 0 aliphatic carbocycles. The van der Waals surface area contributed by atoms with Crippen LogP contribution < -0.4 is 10.6 Å². The minimum absolute atomic E-state index is 0.295. The van der Waals surface area contributed by atoms with Crippen LogP contribution in [-0.4, -0.2) is 20.6 Å². The molecule has 2 N–H and O–H groups in total. The first-order valence-electron chi connectivity index (χ1n) is 5.66. The Morgan fingerprint density at radius 3 is 2.79 bits per heavy atom. The number of thiazole rings is 1. The predicted octanol–water partition coefficient (Wildman–Crippen LogP) is 2.74. The minimum atomic E-state index is -0.359. The Balaban J connectivity index is 1.72. The molecule has 0 atom stereocenters. The van der Waals surface area contributed by atoms with E-state index < -0.39 is 0 Å². The van der Waals surface area contributed by atoms with Gasteiger partial charge in [0.25, 0.3) is 5.95 Å². The Hall–Kier alpha value is -2.41. The molecule has 0 bridgehead atoms. The maximum atomic E-state index is 11.8. The number of para-hydroxylation sites is 1. The number of amides is 2. The molecule has 0 saturated carbocycles. The summed E-state index contributed by atoms with van der Waals surface area (Å²) in [5, 5.41) is 11.5. The number of aryl methyl sites for hydroxylation is 1. The summed E-state index contributed by atoms with van der Waals surface area (Å²) in [6, 6.07) is 8.85. The van der Waals surface area contributed by atoms with Gasteiger partial charge in [0.05, 0.1) is 5.69 Å². The van der Waals surface area contributed by atoms with Gasteiger partial charge in [-0.25, -0.2) is 9.31 Å². The largest absolute Gasteiger partial charge is 0.326 e. The summed E-state index contributed by atoms with van der Waals surface area (Å²) >= 11 is 1.48.